The van der Waals surface area contributed by atoms with E-state index in [1.807, 2.05) is 25.1 Å². The first-order chi connectivity index (χ1) is 8.63. The fourth-order valence-electron chi connectivity index (χ4n) is 1.76. The smallest absolute Gasteiger partial charge is 0.225 e. The summed E-state index contributed by atoms with van der Waals surface area (Å²) in [6.45, 7) is 3.83. The number of carbonyl (C=O) groups excluding carboxylic acids is 1. The van der Waals surface area contributed by atoms with Crippen molar-refractivity contribution in [2.24, 2.45) is 0 Å². The lowest BCUT2D eigenvalue weighted by Gasteiger charge is -2.03. The first kappa shape index (κ1) is 12.4. The number of anilines is 1. The van der Waals surface area contributed by atoms with Crippen molar-refractivity contribution >= 4 is 11.7 Å². The van der Waals surface area contributed by atoms with Crippen molar-refractivity contribution in [3.05, 3.63) is 47.2 Å². The van der Waals surface area contributed by atoms with E-state index in [-0.39, 0.29) is 5.91 Å². The average Bonchev–Trinajstić information content (AvgIpc) is 2.72. The van der Waals surface area contributed by atoms with Crippen LogP contribution in [0.3, 0.4) is 0 Å². The number of hydrogen-bond acceptors (Lipinski definition) is 3. The predicted molar refractivity (Wildman–Crippen MR) is 69.4 cm³/mol. The maximum Gasteiger partial charge on any atom is 0.225 e. The summed E-state index contributed by atoms with van der Waals surface area (Å²) in [4.78, 5) is 11.7. The van der Waals surface area contributed by atoms with Crippen molar-refractivity contribution < 1.29 is 9.32 Å². The van der Waals surface area contributed by atoms with Gasteiger partial charge in [0, 0.05) is 12.5 Å². The molecule has 0 aliphatic carbocycles. The van der Waals surface area contributed by atoms with Crippen molar-refractivity contribution in [1.82, 2.24) is 5.16 Å². The molecular formula is C14H16N2O2. The van der Waals surface area contributed by atoms with E-state index < -0.39 is 0 Å². The van der Waals surface area contributed by atoms with E-state index in [0.29, 0.717) is 18.0 Å². The second-order valence-corrected chi connectivity index (χ2v) is 4.36. The molecule has 1 N–H and O–H groups in total. The van der Waals surface area contributed by atoms with Crippen LogP contribution in [-0.2, 0) is 11.2 Å². The molecule has 1 heterocycles. The molecule has 0 unspecified atom stereocenters. The van der Waals surface area contributed by atoms with Gasteiger partial charge in [-0.3, -0.25) is 4.79 Å². The van der Waals surface area contributed by atoms with Crippen LogP contribution in [0, 0.1) is 13.8 Å². The highest BCUT2D eigenvalue weighted by Crippen LogP contribution is 2.10. The molecule has 1 aromatic heterocycles. The Kier molecular flexibility index (Phi) is 3.77. The minimum Gasteiger partial charge on any atom is -0.360 e. The van der Waals surface area contributed by atoms with Crippen molar-refractivity contribution in [3.8, 4) is 0 Å². The van der Waals surface area contributed by atoms with E-state index in [1.165, 1.54) is 11.1 Å². The Hall–Kier alpha value is -2.10. The number of nitrogens with one attached hydrogen (secondary N) is 1. The van der Waals surface area contributed by atoms with Gasteiger partial charge in [-0.15, -0.1) is 0 Å². The van der Waals surface area contributed by atoms with Crippen LogP contribution >= 0.6 is 0 Å². The van der Waals surface area contributed by atoms with Crippen LogP contribution in [0.5, 0.6) is 0 Å². The Morgan fingerprint density at radius 2 is 2.17 bits per heavy atom. The Balaban J connectivity index is 1.85. The zero-order chi connectivity index (χ0) is 13.0. The van der Waals surface area contributed by atoms with Crippen molar-refractivity contribution in [2.45, 2.75) is 26.7 Å². The molecule has 0 aliphatic heterocycles. The van der Waals surface area contributed by atoms with E-state index in [2.05, 4.69) is 16.5 Å². The molecule has 1 aromatic carbocycles. The van der Waals surface area contributed by atoms with E-state index in [9.17, 15) is 4.79 Å². The second-order valence-electron chi connectivity index (χ2n) is 4.36. The minimum absolute atomic E-state index is 0.0511. The Bertz CT molecular complexity index is 546. The SMILES string of the molecule is Cc1cccc(CCC(=O)Nc2cc(C)on2)c1. The molecule has 2 rings (SSSR count). The number of hydrogen-bond donors (Lipinski definition) is 1. The predicted octanol–water partition coefficient (Wildman–Crippen LogP) is 2.86. The lowest BCUT2D eigenvalue weighted by atomic mass is 10.1. The maximum atomic E-state index is 11.7. The topological polar surface area (TPSA) is 55.1 Å². The summed E-state index contributed by atoms with van der Waals surface area (Å²) in [6, 6.07) is 9.87. The van der Waals surface area contributed by atoms with E-state index >= 15 is 0 Å². The molecule has 4 nitrogen and oxygen atoms in total. The first-order valence-electron chi connectivity index (χ1n) is 5.92. The van der Waals surface area contributed by atoms with Gasteiger partial charge in [-0.2, -0.15) is 0 Å². The fraction of sp³-hybridized carbons (Fsp3) is 0.286. The summed E-state index contributed by atoms with van der Waals surface area (Å²) in [5, 5.41) is 6.42. The zero-order valence-electron chi connectivity index (χ0n) is 10.6. The number of carbonyl (C=O) groups is 1. The lowest BCUT2D eigenvalue weighted by molar-refractivity contribution is -0.116. The van der Waals surface area contributed by atoms with Crippen LogP contribution < -0.4 is 5.32 Å². The molecule has 0 bridgehead atoms. The van der Waals surface area contributed by atoms with Crippen LogP contribution in [-0.4, -0.2) is 11.1 Å². The second kappa shape index (κ2) is 5.49. The summed E-state index contributed by atoms with van der Waals surface area (Å²) >= 11 is 0. The third-order valence-corrected chi connectivity index (χ3v) is 2.62. The summed E-state index contributed by atoms with van der Waals surface area (Å²) in [5.41, 5.74) is 2.38. The van der Waals surface area contributed by atoms with Gasteiger partial charge in [0.1, 0.15) is 5.76 Å². The molecular weight excluding hydrogens is 228 g/mol. The molecule has 0 atom stereocenters. The zero-order valence-corrected chi connectivity index (χ0v) is 10.6. The summed E-state index contributed by atoms with van der Waals surface area (Å²) in [5.74, 6) is 1.11. The van der Waals surface area contributed by atoms with Crippen LogP contribution in [0.25, 0.3) is 0 Å². The average molecular weight is 244 g/mol. The molecule has 0 fully saturated rings. The highest BCUT2D eigenvalue weighted by Gasteiger charge is 2.06. The van der Waals surface area contributed by atoms with E-state index in [0.717, 1.165) is 6.42 Å². The number of aryl methyl sites for hydroxylation is 3. The van der Waals surface area contributed by atoms with Crippen LogP contribution in [0.1, 0.15) is 23.3 Å². The molecule has 18 heavy (non-hydrogen) atoms. The molecule has 0 saturated carbocycles. The Morgan fingerprint density at radius 3 is 2.83 bits per heavy atom. The standard InChI is InChI=1S/C14H16N2O2/c1-10-4-3-5-12(8-10)6-7-14(17)15-13-9-11(2)18-16-13/h3-5,8-9H,6-7H2,1-2H3,(H,15,16,17). The summed E-state index contributed by atoms with van der Waals surface area (Å²) < 4.78 is 4.88. The van der Waals surface area contributed by atoms with Gasteiger partial charge in [-0.05, 0) is 25.8 Å². The Labute approximate surface area is 106 Å². The molecule has 2 aromatic rings. The monoisotopic (exact) mass is 244 g/mol. The first-order valence-corrected chi connectivity index (χ1v) is 5.92. The Morgan fingerprint density at radius 1 is 1.33 bits per heavy atom. The molecule has 1 amide bonds. The van der Waals surface area contributed by atoms with Gasteiger partial charge < -0.3 is 9.84 Å². The van der Waals surface area contributed by atoms with Gasteiger partial charge >= 0.3 is 0 Å². The summed E-state index contributed by atoms with van der Waals surface area (Å²) in [7, 11) is 0. The van der Waals surface area contributed by atoms with Crippen molar-refractivity contribution in [3.63, 3.8) is 0 Å². The van der Waals surface area contributed by atoms with Gasteiger partial charge in [0.2, 0.25) is 5.91 Å². The van der Waals surface area contributed by atoms with Gasteiger partial charge in [0.05, 0.1) is 0 Å². The van der Waals surface area contributed by atoms with Crippen molar-refractivity contribution in [2.75, 3.05) is 5.32 Å². The number of benzene rings is 1. The number of nitrogens with zero attached hydrogens (tertiary/aromatic N) is 1. The third kappa shape index (κ3) is 3.45. The molecule has 0 aliphatic rings. The highest BCUT2D eigenvalue weighted by molar-refractivity contribution is 5.89. The number of aromatic nitrogens is 1. The normalized spacial score (nSPS) is 10.3. The van der Waals surface area contributed by atoms with Crippen molar-refractivity contribution in [1.29, 1.82) is 0 Å². The minimum atomic E-state index is -0.0511. The van der Waals surface area contributed by atoms with Crippen LogP contribution in [0.4, 0.5) is 5.82 Å². The highest BCUT2D eigenvalue weighted by atomic mass is 16.5. The van der Waals surface area contributed by atoms with Crippen LogP contribution in [0.2, 0.25) is 0 Å². The molecule has 4 heteroatoms. The van der Waals surface area contributed by atoms with Crippen LogP contribution in [0.15, 0.2) is 34.9 Å². The molecule has 0 spiro atoms. The fourth-order valence-corrected chi connectivity index (χ4v) is 1.76. The summed E-state index contributed by atoms with van der Waals surface area (Å²) in [6.07, 6.45) is 1.17. The van der Waals surface area contributed by atoms with Gasteiger partial charge in [0.25, 0.3) is 0 Å². The largest absolute Gasteiger partial charge is 0.360 e. The quantitative estimate of drug-likeness (QED) is 0.899. The molecule has 0 saturated heterocycles. The number of rotatable bonds is 4. The molecule has 94 valence electrons. The van der Waals surface area contributed by atoms with E-state index in [1.54, 1.807) is 13.0 Å². The maximum absolute atomic E-state index is 11.7. The van der Waals surface area contributed by atoms with Gasteiger partial charge in [-0.1, -0.05) is 35.0 Å². The number of amides is 1. The van der Waals surface area contributed by atoms with Gasteiger partial charge in [0.15, 0.2) is 5.82 Å². The third-order valence-electron chi connectivity index (χ3n) is 2.62. The molecule has 0 radical (unpaired) electrons. The lowest BCUT2D eigenvalue weighted by Crippen LogP contribution is -2.12. The van der Waals surface area contributed by atoms with Gasteiger partial charge in [-0.25, -0.2) is 0 Å². The van der Waals surface area contributed by atoms with E-state index in [4.69, 9.17) is 4.52 Å².